The number of aromatic nitrogens is 2. The van der Waals surface area contributed by atoms with E-state index in [1.807, 2.05) is 44.7 Å². The number of nitrogens with zero attached hydrogens (tertiary/aromatic N) is 4. The van der Waals surface area contributed by atoms with E-state index in [2.05, 4.69) is 50.7 Å². The van der Waals surface area contributed by atoms with E-state index in [1.165, 1.54) is 14.0 Å². The van der Waals surface area contributed by atoms with Gasteiger partial charge < -0.3 is 44.4 Å². The normalized spacial score (nSPS) is 21.6. The average Bonchev–Trinajstić information content (AvgIpc) is 4.08. The minimum Gasteiger partial charge on any atom is -0.488 e. The first-order valence-corrected chi connectivity index (χ1v) is 21.4. The molecule has 63 heavy (non-hydrogen) atoms. The number of nitrogens with one attached hydrogen (secondary N) is 3. The monoisotopic (exact) mass is 869 g/mol. The van der Waals surface area contributed by atoms with Crippen LogP contribution >= 0.6 is 0 Å². The predicted molar refractivity (Wildman–Crippen MR) is 230 cm³/mol. The number of alkyl carbamates (subject to hydrolysis) is 2. The van der Waals surface area contributed by atoms with Gasteiger partial charge in [-0.1, -0.05) is 32.0 Å². The second-order valence-electron chi connectivity index (χ2n) is 17.2. The zero-order valence-electron chi connectivity index (χ0n) is 36.4. The molecule has 1 aromatic heterocycles. The van der Waals surface area contributed by atoms with E-state index in [4.69, 9.17) is 24.2 Å². The van der Waals surface area contributed by atoms with Crippen molar-refractivity contribution < 1.29 is 46.9 Å². The Morgan fingerprint density at radius 3 is 2.19 bits per heavy atom. The number of fused-ring (bicyclic) bond motifs is 6. The van der Waals surface area contributed by atoms with E-state index in [0.29, 0.717) is 31.7 Å². The Balaban J connectivity index is 1.01. The van der Waals surface area contributed by atoms with Crippen molar-refractivity contribution in [3.8, 4) is 28.1 Å². The molecule has 7 atom stereocenters. The van der Waals surface area contributed by atoms with Crippen molar-refractivity contribution in [1.29, 1.82) is 0 Å². The molecule has 2 saturated heterocycles. The van der Waals surface area contributed by atoms with E-state index >= 15 is 0 Å². The van der Waals surface area contributed by atoms with Crippen LogP contribution in [0.2, 0.25) is 0 Å². The molecular formula is C46H53F2N7O8. The third kappa shape index (κ3) is 8.30. The molecule has 8 rings (SSSR count). The lowest BCUT2D eigenvalue weighted by Gasteiger charge is -2.34. The van der Waals surface area contributed by atoms with Gasteiger partial charge in [-0.3, -0.25) is 14.6 Å². The Bertz CT molecular complexity index is 2470. The summed E-state index contributed by atoms with van der Waals surface area (Å²) in [5.74, 6) is 0.567. The number of aliphatic imine (C=N–C) groups is 1. The van der Waals surface area contributed by atoms with Crippen molar-refractivity contribution in [2.24, 2.45) is 10.9 Å². The molecule has 4 amide bonds. The summed E-state index contributed by atoms with van der Waals surface area (Å²) in [6.07, 6.45) is 2.20. The third-order valence-electron chi connectivity index (χ3n) is 13.0. The Morgan fingerprint density at radius 2 is 1.51 bits per heavy atom. The number of aromatic amines is 1. The fourth-order valence-electron chi connectivity index (χ4n) is 9.68. The van der Waals surface area contributed by atoms with Gasteiger partial charge in [-0.15, -0.1) is 0 Å². The molecule has 0 radical (unpaired) electrons. The molecule has 15 nitrogen and oxygen atoms in total. The summed E-state index contributed by atoms with van der Waals surface area (Å²) >= 11 is 0. The molecule has 3 aromatic carbocycles. The molecule has 3 N–H and O–H groups in total. The van der Waals surface area contributed by atoms with Crippen LogP contribution in [0.25, 0.3) is 33.2 Å². The number of likely N-dealkylation sites (tertiary alicyclic amines) is 2. The lowest BCUT2D eigenvalue weighted by molar-refractivity contribution is -0.172. The van der Waals surface area contributed by atoms with Crippen molar-refractivity contribution >= 4 is 46.2 Å². The molecule has 0 bridgehead atoms. The molecular weight excluding hydrogens is 817 g/mol. The summed E-state index contributed by atoms with van der Waals surface area (Å²) in [5, 5.41) is 7.10. The first-order valence-electron chi connectivity index (χ1n) is 21.4. The van der Waals surface area contributed by atoms with Gasteiger partial charge in [0.15, 0.2) is 0 Å². The second-order valence-corrected chi connectivity index (χ2v) is 17.2. The Hall–Kier alpha value is -6.10. The van der Waals surface area contributed by atoms with Crippen molar-refractivity contribution in [3.63, 3.8) is 0 Å². The number of alkyl halides is 2. The lowest BCUT2D eigenvalue weighted by Crippen LogP contribution is -2.58. The van der Waals surface area contributed by atoms with Crippen LogP contribution in [0.3, 0.4) is 0 Å². The second kappa shape index (κ2) is 17.6. The Morgan fingerprint density at radius 1 is 0.841 bits per heavy atom. The van der Waals surface area contributed by atoms with Gasteiger partial charge in [0, 0.05) is 29.8 Å². The van der Waals surface area contributed by atoms with Crippen molar-refractivity contribution in [2.45, 2.75) is 122 Å². The summed E-state index contributed by atoms with van der Waals surface area (Å²) in [4.78, 5) is 68.9. The molecule has 0 aliphatic carbocycles. The topological polar surface area (TPSA) is 177 Å². The first-order chi connectivity index (χ1) is 30.2. The summed E-state index contributed by atoms with van der Waals surface area (Å²) in [7, 11) is 2.42. The summed E-state index contributed by atoms with van der Waals surface area (Å²) in [5.41, 5.74) is 7.34. The number of amides is 4. The minimum absolute atomic E-state index is 0.0358. The number of imidazole rings is 1. The maximum Gasteiger partial charge on any atom is 0.407 e. The van der Waals surface area contributed by atoms with Crippen molar-refractivity contribution in [1.82, 2.24) is 30.4 Å². The average molecular weight is 870 g/mol. The van der Waals surface area contributed by atoms with E-state index in [0.717, 1.165) is 81.4 Å². The number of hydrogen-bond donors (Lipinski definition) is 3. The largest absolute Gasteiger partial charge is 0.488 e. The first kappa shape index (κ1) is 43.5. The summed E-state index contributed by atoms with van der Waals surface area (Å²) in [6, 6.07) is 11.3. The highest BCUT2D eigenvalue weighted by Gasteiger charge is 2.44. The number of H-pyrrole nitrogens is 1. The Labute approximate surface area is 363 Å². The van der Waals surface area contributed by atoms with Gasteiger partial charge in [0.2, 0.25) is 11.8 Å². The van der Waals surface area contributed by atoms with Crippen LogP contribution in [0.15, 0.2) is 53.7 Å². The molecule has 17 heteroatoms. The van der Waals surface area contributed by atoms with Gasteiger partial charge in [-0.25, -0.2) is 14.6 Å². The van der Waals surface area contributed by atoms with Gasteiger partial charge in [0.1, 0.15) is 30.3 Å². The van der Waals surface area contributed by atoms with Gasteiger partial charge in [0.25, 0.3) is 0 Å². The SMILES string of the molecule is COC(=O)N[C@H](C(=O)N1[C@@H](C)CC[C@H]1c1ncc(-c2ccc3c(c2)COc2cc4c5c(ccc4cc2-3)N=C([C@@H]2CC[C@H](C)N2C(=O)[C@@H](NC(=O)OC)[C@@H](C)OC(F)F)C5)[nH]1)C(C)C. The smallest absolute Gasteiger partial charge is 0.407 e. The fourth-order valence-corrected chi connectivity index (χ4v) is 9.68. The van der Waals surface area contributed by atoms with E-state index in [9.17, 15) is 28.0 Å². The highest BCUT2D eigenvalue weighted by atomic mass is 19.3. The minimum atomic E-state index is -3.14. The van der Waals surface area contributed by atoms with Crippen LogP contribution in [0.5, 0.6) is 5.75 Å². The summed E-state index contributed by atoms with van der Waals surface area (Å²) in [6.45, 7) is 6.22. The highest BCUT2D eigenvalue weighted by molar-refractivity contribution is 6.06. The number of hydrogen-bond acceptors (Lipinski definition) is 10. The number of benzene rings is 3. The zero-order valence-corrected chi connectivity index (χ0v) is 36.4. The van der Waals surface area contributed by atoms with Crippen LogP contribution in [-0.2, 0) is 36.8 Å². The maximum absolute atomic E-state index is 14.0. The van der Waals surface area contributed by atoms with Crippen LogP contribution < -0.4 is 15.4 Å². The number of halogens is 2. The number of ether oxygens (including phenoxy) is 4. The third-order valence-corrected chi connectivity index (χ3v) is 13.0. The predicted octanol–water partition coefficient (Wildman–Crippen LogP) is 7.58. The lowest BCUT2D eigenvalue weighted by atomic mass is 9.91. The maximum atomic E-state index is 14.0. The number of carbonyl (C=O) groups is 4. The molecule has 334 valence electrons. The quantitative estimate of drug-likeness (QED) is 0.137. The van der Waals surface area contributed by atoms with Gasteiger partial charge in [0.05, 0.1) is 50.0 Å². The molecule has 4 aliphatic heterocycles. The van der Waals surface area contributed by atoms with Crippen LogP contribution in [0.1, 0.15) is 83.3 Å². The van der Waals surface area contributed by atoms with Crippen LogP contribution in [0, 0.1) is 5.92 Å². The number of carbonyl (C=O) groups excluding carboxylic acids is 4. The van der Waals surface area contributed by atoms with Crippen molar-refractivity contribution in [2.75, 3.05) is 14.2 Å². The van der Waals surface area contributed by atoms with E-state index in [-0.39, 0.29) is 30.0 Å². The molecule has 0 spiro atoms. The zero-order chi connectivity index (χ0) is 44.9. The molecule has 2 fully saturated rings. The van der Waals surface area contributed by atoms with Gasteiger partial charge >= 0.3 is 18.8 Å². The van der Waals surface area contributed by atoms with Crippen molar-refractivity contribution in [3.05, 3.63) is 65.6 Å². The Kier molecular flexibility index (Phi) is 12.2. The molecule has 0 saturated carbocycles. The van der Waals surface area contributed by atoms with E-state index in [1.54, 1.807) is 11.1 Å². The van der Waals surface area contributed by atoms with Crippen LogP contribution in [-0.4, -0.2) is 107 Å². The standard InChI is InChI=1S/C46H53F2N7O8/c1-22(2)39(52-45(58)60-6)42(56)55-24(4)9-15-37(55)41-49-20-35(51-41)27-10-12-29-28(16-27)21-62-38-19-30-26(17-32(29)38)11-13-33-31(30)18-34(50-33)36-14-8-23(3)54(36)43(57)40(53-46(59)61-7)25(5)63-44(47)48/h10-13,16-17,19-20,22-25,36-37,39-40,44H,8-9,14-15,18,21H2,1-7H3,(H,49,51)(H,52,58)(H,53,59)/t23-,24-,25+,36-,37-,39-,40-/m0/s1. The highest BCUT2D eigenvalue weighted by Crippen LogP contribution is 2.45. The van der Waals surface area contributed by atoms with Crippen LogP contribution in [0.4, 0.5) is 24.1 Å². The van der Waals surface area contributed by atoms with Gasteiger partial charge in [-0.2, -0.15) is 8.78 Å². The molecule has 0 unspecified atom stereocenters. The number of rotatable bonds is 11. The molecule has 4 aliphatic rings. The molecule has 5 heterocycles. The molecule has 4 aromatic rings. The fraction of sp³-hybridized carbons (Fsp3) is 0.478. The number of methoxy groups -OCH3 is 2. The van der Waals surface area contributed by atoms with E-state index < -0.39 is 48.9 Å². The van der Waals surface area contributed by atoms with Gasteiger partial charge in [-0.05, 0) is 110 Å². The summed E-state index contributed by atoms with van der Waals surface area (Å²) < 4.78 is 47.1.